The van der Waals surface area contributed by atoms with E-state index in [0.717, 1.165) is 21.5 Å². The smallest absolute Gasteiger partial charge is 0.276 e. The maximum absolute atomic E-state index is 5.79. The van der Waals surface area contributed by atoms with Crippen LogP contribution in [-0.2, 0) is 5.75 Å². The Kier molecular flexibility index (Phi) is 3.50. The fraction of sp³-hybridized carbons (Fsp3) is 0.200. The van der Waals surface area contributed by atoms with Gasteiger partial charge in [-0.15, -0.1) is 10.2 Å². The number of nitrogen functional groups attached to an aromatic ring is 1. The van der Waals surface area contributed by atoms with Crippen molar-refractivity contribution in [2.45, 2.75) is 17.9 Å². The van der Waals surface area contributed by atoms with Crippen LogP contribution < -0.4 is 5.73 Å². The number of nitrogens with zero attached hydrogens (tertiary/aromatic N) is 2. The third kappa shape index (κ3) is 2.76. The normalized spacial score (nSPS) is 10.6. The lowest BCUT2D eigenvalue weighted by atomic mass is 10.2. The van der Waals surface area contributed by atoms with Gasteiger partial charge in [0.2, 0.25) is 5.89 Å². The fourth-order valence-corrected chi connectivity index (χ4v) is 2.16. The van der Waals surface area contributed by atoms with Crippen molar-refractivity contribution in [3.05, 3.63) is 34.1 Å². The van der Waals surface area contributed by atoms with E-state index in [4.69, 9.17) is 10.2 Å². The van der Waals surface area contributed by atoms with Crippen LogP contribution in [0.2, 0.25) is 0 Å². The summed E-state index contributed by atoms with van der Waals surface area (Å²) in [4.78, 5) is 0. The second kappa shape index (κ2) is 4.88. The molecule has 0 amide bonds. The molecule has 0 aliphatic carbocycles. The van der Waals surface area contributed by atoms with Crippen molar-refractivity contribution in [2.75, 3.05) is 5.73 Å². The van der Waals surface area contributed by atoms with Crippen LogP contribution in [0.3, 0.4) is 0 Å². The molecule has 0 bridgehead atoms. The average molecular weight is 300 g/mol. The van der Waals surface area contributed by atoms with E-state index in [1.165, 1.54) is 11.8 Å². The van der Waals surface area contributed by atoms with Crippen LogP contribution in [0.4, 0.5) is 5.69 Å². The molecular formula is C10H10BrN3OS. The number of benzene rings is 1. The molecule has 0 spiro atoms. The minimum atomic E-state index is 0.581. The Labute approximate surface area is 106 Å². The summed E-state index contributed by atoms with van der Waals surface area (Å²) in [5.74, 6) is 1.34. The van der Waals surface area contributed by atoms with E-state index < -0.39 is 0 Å². The van der Waals surface area contributed by atoms with Gasteiger partial charge in [0, 0.05) is 22.8 Å². The number of aromatic nitrogens is 2. The van der Waals surface area contributed by atoms with E-state index in [1.807, 2.05) is 18.2 Å². The molecule has 2 rings (SSSR count). The Morgan fingerprint density at radius 1 is 1.44 bits per heavy atom. The lowest BCUT2D eigenvalue weighted by Crippen LogP contribution is -1.89. The van der Waals surface area contributed by atoms with Gasteiger partial charge in [0.05, 0.1) is 0 Å². The summed E-state index contributed by atoms with van der Waals surface area (Å²) in [6.07, 6.45) is 0. The number of thioether (sulfide) groups is 1. The third-order valence-electron chi connectivity index (χ3n) is 1.93. The second-order valence-corrected chi connectivity index (χ2v) is 5.01. The minimum Gasteiger partial charge on any atom is -0.416 e. The maximum Gasteiger partial charge on any atom is 0.276 e. The van der Waals surface area contributed by atoms with Gasteiger partial charge < -0.3 is 10.2 Å². The van der Waals surface area contributed by atoms with Crippen LogP contribution in [0.15, 0.2) is 32.3 Å². The highest BCUT2D eigenvalue weighted by atomic mass is 79.9. The van der Waals surface area contributed by atoms with E-state index in [1.54, 1.807) is 6.92 Å². The van der Waals surface area contributed by atoms with Crippen molar-refractivity contribution < 1.29 is 4.42 Å². The Hall–Kier alpha value is -1.01. The number of aryl methyl sites for hydroxylation is 1. The number of halogens is 1. The Balaban J connectivity index is 2.02. The van der Waals surface area contributed by atoms with Crippen LogP contribution >= 0.6 is 27.7 Å². The fourth-order valence-electron chi connectivity index (χ4n) is 1.16. The van der Waals surface area contributed by atoms with Crippen molar-refractivity contribution >= 4 is 33.4 Å². The van der Waals surface area contributed by atoms with Crippen molar-refractivity contribution in [2.24, 2.45) is 0 Å². The van der Waals surface area contributed by atoms with Gasteiger partial charge in [0.25, 0.3) is 5.22 Å². The summed E-state index contributed by atoms with van der Waals surface area (Å²) >= 11 is 4.85. The molecule has 6 heteroatoms. The second-order valence-electron chi connectivity index (χ2n) is 3.23. The Bertz CT molecular complexity index is 501. The van der Waals surface area contributed by atoms with Crippen LogP contribution in [0.5, 0.6) is 0 Å². The van der Waals surface area contributed by atoms with Gasteiger partial charge in [-0.1, -0.05) is 17.8 Å². The van der Waals surface area contributed by atoms with Crippen molar-refractivity contribution in [3.63, 3.8) is 0 Å². The molecule has 4 nitrogen and oxygen atoms in total. The predicted molar refractivity (Wildman–Crippen MR) is 67.2 cm³/mol. The van der Waals surface area contributed by atoms with E-state index in [0.29, 0.717) is 11.1 Å². The summed E-state index contributed by atoms with van der Waals surface area (Å²) in [6.45, 7) is 1.77. The first-order valence-corrected chi connectivity index (χ1v) is 6.40. The average Bonchev–Trinajstić information content (AvgIpc) is 2.66. The maximum atomic E-state index is 5.79. The zero-order valence-corrected chi connectivity index (χ0v) is 11.0. The molecule has 0 atom stereocenters. The molecule has 84 valence electrons. The first-order chi connectivity index (χ1) is 7.65. The monoisotopic (exact) mass is 299 g/mol. The lowest BCUT2D eigenvalue weighted by molar-refractivity contribution is 0.429. The molecular weight excluding hydrogens is 290 g/mol. The van der Waals surface area contributed by atoms with Gasteiger partial charge >= 0.3 is 0 Å². The van der Waals surface area contributed by atoms with Crippen LogP contribution in [0, 0.1) is 6.92 Å². The third-order valence-corrected chi connectivity index (χ3v) is 3.54. The zero-order valence-electron chi connectivity index (χ0n) is 8.61. The highest BCUT2D eigenvalue weighted by molar-refractivity contribution is 9.10. The van der Waals surface area contributed by atoms with E-state index in [2.05, 4.69) is 26.1 Å². The molecule has 0 saturated carbocycles. The summed E-state index contributed by atoms with van der Waals surface area (Å²) < 4.78 is 6.17. The minimum absolute atomic E-state index is 0.581. The summed E-state index contributed by atoms with van der Waals surface area (Å²) in [6, 6.07) is 5.88. The van der Waals surface area contributed by atoms with Gasteiger partial charge in [-0.3, -0.25) is 0 Å². The van der Waals surface area contributed by atoms with Gasteiger partial charge in [0.15, 0.2) is 0 Å². The van der Waals surface area contributed by atoms with E-state index >= 15 is 0 Å². The zero-order chi connectivity index (χ0) is 11.5. The summed E-state index contributed by atoms with van der Waals surface area (Å²) in [5, 5.41) is 8.25. The number of hydrogen-bond acceptors (Lipinski definition) is 5. The van der Waals surface area contributed by atoms with Crippen molar-refractivity contribution in [1.29, 1.82) is 0 Å². The summed E-state index contributed by atoms with van der Waals surface area (Å²) in [5.41, 5.74) is 7.65. The quantitative estimate of drug-likeness (QED) is 0.697. The predicted octanol–water partition coefficient (Wildman–Crippen LogP) is 3.02. The molecule has 0 aliphatic heterocycles. The molecule has 1 aromatic carbocycles. The SMILES string of the molecule is Cc1nnc(SCc2ccc(Br)c(N)c2)o1. The molecule has 0 aliphatic rings. The summed E-state index contributed by atoms with van der Waals surface area (Å²) in [7, 11) is 0. The molecule has 0 radical (unpaired) electrons. The molecule has 2 N–H and O–H groups in total. The first-order valence-electron chi connectivity index (χ1n) is 4.62. The van der Waals surface area contributed by atoms with Gasteiger partial charge in [0.1, 0.15) is 0 Å². The number of hydrogen-bond donors (Lipinski definition) is 1. The van der Waals surface area contributed by atoms with Gasteiger partial charge in [-0.2, -0.15) is 0 Å². The molecule has 0 saturated heterocycles. The number of nitrogens with two attached hydrogens (primary N) is 1. The molecule has 2 aromatic rings. The van der Waals surface area contributed by atoms with Crippen molar-refractivity contribution in [1.82, 2.24) is 10.2 Å². The Morgan fingerprint density at radius 3 is 2.88 bits per heavy atom. The highest BCUT2D eigenvalue weighted by Gasteiger charge is 2.04. The molecule has 1 heterocycles. The highest BCUT2D eigenvalue weighted by Crippen LogP contribution is 2.25. The van der Waals surface area contributed by atoms with Crippen LogP contribution in [0.25, 0.3) is 0 Å². The van der Waals surface area contributed by atoms with Gasteiger partial charge in [-0.05, 0) is 33.6 Å². The standard InChI is InChI=1S/C10H10BrN3OS/c1-6-13-14-10(15-6)16-5-7-2-3-8(11)9(12)4-7/h2-4H,5,12H2,1H3. The topological polar surface area (TPSA) is 64.9 Å². The molecule has 0 unspecified atom stereocenters. The molecule has 1 aromatic heterocycles. The number of anilines is 1. The molecule has 0 fully saturated rings. The number of rotatable bonds is 3. The van der Waals surface area contributed by atoms with Crippen LogP contribution in [-0.4, -0.2) is 10.2 Å². The van der Waals surface area contributed by atoms with Gasteiger partial charge in [-0.25, -0.2) is 0 Å². The molecule has 16 heavy (non-hydrogen) atoms. The Morgan fingerprint density at radius 2 is 2.25 bits per heavy atom. The first kappa shape index (κ1) is 11.5. The van der Waals surface area contributed by atoms with Crippen molar-refractivity contribution in [3.8, 4) is 0 Å². The van der Waals surface area contributed by atoms with Crippen LogP contribution in [0.1, 0.15) is 11.5 Å². The van der Waals surface area contributed by atoms with E-state index in [-0.39, 0.29) is 0 Å². The lowest BCUT2D eigenvalue weighted by Gasteiger charge is -2.02. The van der Waals surface area contributed by atoms with E-state index in [9.17, 15) is 0 Å². The largest absolute Gasteiger partial charge is 0.416 e.